The number of nitrogens with one attached hydrogen (secondary N) is 1. The summed E-state index contributed by atoms with van der Waals surface area (Å²) in [5.74, 6) is 2.87. The summed E-state index contributed by atoms with van der Waals surface area (Å²) in [6.07, 6.45) is 7.47. The fourth-order valence-electron chi connectivity index (χ4n) is 2.29. The summed E-state index contributed by atoms with van der Waals surface area (Å²) < 4.78 is 4.67. The Morgan fingerprint density at radius 1 is 1.44 bits per heavy atom. The van der Waals surface area contributed by atoms with Crippen molar-refractivity contribution in [1.82, 2.24) is 5.32 Å². The molecule has 0 spiro atoms. The van der Waals surface area contributed by atoms with Gasteiger partial charge >= 0.3 is 5.97 Å². The van der Waals surface area contributed by atoms with E-state index in [4.69, 9.17) is 6.42 Å². The van der Waals surface area contributed by atoms with Gasteiger partial charge in [-0.25, -0.2) is 4.79 Å². The molecule has 0 radical (unpaired) electrons. The summed E-state index contributed by atoms with van der Waals surface area (Å²) in [4.78, 5) is 11.3. The zero-order valence-electron chi connectivity index (χ0n) is 10.5. The van der Waals surface area contributed by atoms with Gasteiger partial charge in [0, 0.05) is 12.0 Å². The third kappa shape index (κ3) is 2.72. The SMILES string of the molecule is C#CC1CCN[C@H](c2ccc(C(=O)OC)cc2)C1. The van der Waals surface area contributed by atoms with Gasteiger partial charge in [0.2, 0.25) is 0 Å². The predicted molar refractivity (Wildman–Crippen MR) is 70.1 cm³/mol. The van der Waals surface area contributed by atoms with Crippen LogP contribution in [0.1, 0.15) is 34.8 Å². The van der Waals surface area contributed by atoms with Gasteiger partial charge in [0.25, 0.3) is 0 Å². The van der Waals surface area contributed by atoms with Crippen LogP contribution in [-0.4, -0.2) is 19.6 Å². The second-order valence-corrected chi connectivity index (χ2v) is 4.51. The highest BCUT2D eigenvalue weighted by Crippen LogP contribution is 2.26. The highest BCUT2D eigenvalue weighted by atomic mass is 16.5. The summed E-state index contributed by atoms with van der Waals surface area (Å²) in [5.41, 5.74) is 1.74. The molecule has 1 aliphatic heterocycles. The largest absolute Gasteiger partial charge is 0.465 e. The summed E-state index contributed by atoms with van der Waals surface area (Å²) in [7, 11) is 1.39. The van der Waals surface area contributed by atoms with Crippen molar-refractivity contribution in [3.63, 3.8) is 0 Å². The maximum atomic E-state index is 11.3. The molecule has 0 amide bonds. The molecule has 1 saturated heterocycles. The van der Waals surface area contributed by atoms with Crippen molar-refractivity contribution in [2.45, 2.75) is 18.9 Å². The lowest BCUT2D eigenvalue weighted by Gasteiger charge is -2.28. The molecular formula is C15H17NO2. The fraction of sp³-hybridized carbons (Fsp3) is 0.400. The summed E-state index contributed by atoms with van der Waals surface area (Å²) in [6, 6.07) is 7.79. The Bertz CT molecular complexity index is 458. The van der Waals surface area contributed by atoms with Gasteiger partial charge in [-0.05, 0) is 37.1 Å². The van der Waals surface area contributed by atoms with E-state index in [1.807, 2.05) is 12.1 Å². The van der Waals surface area contributed by atoms with Crippen molar-refractivity contribution in [2.24, 2.45) is 5.92 Å². The standard InChI is InChI=1S/C15H17NO2/c1-3-11-8-9-16-14(10-11)12-4-6-13(7-5-12)15(17)18-2/h1,4-7,11,14,16H,8-10H2,2H3/t11?,14-/m0/s1. The number of hydrogen-bond donors (Lipinski definition) is 1. The lowest BCUT2D eigenvalue weighted by atomic mass is 9.89. The van der Waals surface area contributed by atoms with E-state index >= 15 is 0 Å². The molecule has 1 aliphatic rings. The number of carbonyl (C=O) groups is 1. The van der Waals surface area contributed by atoms with Gasteiger partial charge in [0.05, 0.1) is 12.7 Å². The number of piperidine rings is 1. The first-order valence-electron chi connectivity index (χ1n) is 6.12. The Balaban J connectivity index is 2.10. The Hall–Kier alpha value is -1.79. The number of hydrogen-bond acceptors (Lipinski definition) is 3. The first-order valence-corrected chi connectivity index (χ1v) is 6.12. The molecule has 94 valence electrons. The quantitative estimate of drug-likeness (QED) is 0.639. The van der Waals surface area contributed by atoms with Crippen LogP contribution in [0.5, 0.6) is 0 Å². The maximum absolute atomic E-state index is 11.3. The van der Waals surface area contributed by atoms with Gasteiger partial charge < -0.3 is 10.1 Å². The van der Waals surface area contributed by atoms with E-state index in [-0.39, 0.29) is 12.0 Å². The fourth-order valence-corrected chi connectivity index (χ4v) is 2.29. The molecule has 0 aromatic heterocycles. The molecule has 0 aliphatic carbocycles. The summed E-state index contributed by atoms with van der Waals surface area (Å²) in [6.45, 7) is 0.943. The van der Waals surface area contributed by atoms with E-state index in [1.54, 1.807) is 12.1 Å². The Labute approximate surface area is 108 Å². The minimum absolute atomic E-state index is 0.284. The van der Waals surface area contributed by atoms with Gasteiger partial charge in [-0.2, -0.15) is 0 Å². The highest BCUT2D eigenvalue weighted by molar-refractivity contribution is 5.89. The molecule has 1 unspecified atom stereocenters. The maximum Gasteiger partial charge on any atom is 0.337 e. The number of esters is 1. The highest BCUT2D eigenvalue weighted by Gasteiger charge is 2.21. The molecule has 2 rings (SSSR count). The van der Waals surface area contributed by atoms with E-state index in [9.17, 15) is 4.79 Å². The van der Waals surface area contributed by atoms with E-state index in [2.05, 4.69) is 16.0 Å². The predicted octanol–water partition coefficient (Wildman–Crippen LogP) is 2.15. The lowest BCUT2D eigenvalue weighted by molar-refractivity contribution is 0.0600. The second-order valence-electron chi connectivity index (χ2n) is 4.51. The molecule has 1 fully saturated rings. The average Bonchev–Trinajstić information content (AvgIpc) is 2.46. The topological polar surface area (TPSA) is 38.3 Å². The number of terminal acetylenes is 1. The molecule has 18 heavy (non-hydrogen) atoms. The number of benzene rings is 1. The molecule has 1 aromatic carbocycles. The van der Waals surface area contributed by atoms with E-state index in [1.165, 1.54) is 12.7 Å². The van der Waals surface area contributed by atoms with Crippen LogP contribution in [0.15, 0.2) is 24.3 Å². The minimum Gasteiger partial charge on any atom is -0.465 e. The minimum atomic E-state index is -0.306. The Kier molecular flexibility index (Phi) is 4.01. The van der Waals surface area contributed by atoms with Crippen LogP contribution in [0.2, 0.25) is 0 Å². The van der Waals surface area contributed by atoms with Crippen LogP contribution in [0.3, 0.4) is 0 Å². The normalized spacial score (nSPS) is 23.1. The third-order valence-corrected chi connectivity index (χ3v) is 3.37. The molecule has 1 heterocycles. The molecule has 3 heteroatoms. The average molecular weight is 243 g/mol. The van der Waals surface area contributed by atoms with Crippen molar-refractivity contribution in [1.29, 1.82) is 0 Å². The third-order valence-electron chi connectivity index (χ3n) is 3.37. The molecular weight excluding hydrogens is 226 g/mol. The second kappa shape index (κ2) is 5.70. The van der Waals surface area contributed by atoms with Gasteiger partial charge in [0.1, 0.15) is 0 Å². The lowest BCUT2D eigenvalue weighted by Crippen LogP contribution is -2.31. The number of methoxy groups -OCH3 is 1. The first-order chi connectivity index (χ1) is 8.74. The number of rotatable bonds is 2. The van der Waals surface area contributed by atoms with E-state index in [0.717, 1.165) is 19.4 Å². The molecule has 0 bridgehead atoms. The summed E-state index contributed by atoms with van der Waals surface area (Å²) >= 11 is 0. The smallest absolute Gasteiger partial charge is 0.337 e. The summed E-state index contributed by atoms with van der Waals surface area (Å²) in [5, 5.41) is 3.45. The van der Waals surface area contributed by atoms with Gasteiger partial charge in [0.15, 0.2) is 0 Å². The van der Waals surface area contributed by atoms with Gasteiger partial charge in [-0.1, -0.05) is 12.1 Å². The molecule has 3 nitrogen and oxygen atoms in total. The van der Waals surface area contributed by atoms with Crippen LogP contribution < -0.4 is 5.32 Å². The first kappa shape index (κ1) is 12.7. The van der Waals surface area contributed by atoms with Crippen molar-refractivity contribution in [3.05, 3.63) is 35.4 Å². The number of ether oxygens (including phenoxy) is 1. The van der Waals surface area contributed by atoms with Crippen LogP contribution in [0.25, 0.3) is 0 Å². The zero-order chi connectivity index (χ0) is 13.0. The molecule has 1 aromatic rings. The zero-order valence-corrected chi connectivity index (χ0v) is 10.5. The van der Waals surface area contributed by atoms with Crippen LogP contribution in [-0.2, 0) is 4.74 Å². The van der Waals surface area contributed by atoms with Gasteiger partial charge in [-0.3, -0.25) is 0 Å². The van der Waals surface area contributed by atoms with Gasteiger partial charge in [-0.15, -0.1) is 12.3 Å². The Morgan fingerprint density at radius 3 is 2.78 bits per heavy atom. The van der Waals surface area contributed by atoms with Crippen LogP contribution in [0.4, 0.5) is 0 Å². The van der Waals surface area contributed by atoms with E-state index in [0.29, 0.717) is 11.5 Å². The monoisotopic (exact) mass is 243 g/mol. The van der Waals surface area contributed by atoms with Crippen LogP contribution >= 0.6 is 0 Å². The molecule has 0 saturated carbocycles. The molecule has 1 N–H and O–H groups in total. The van der Waals surface area contributed by atoms with Crippen LogP contribution in [0, 0.1) is 18.3 Å². The van der Waals surface area contributed by atoms with Crippen molar-refractivity contribution >= 4 is 5.97 Å². The van der Waals surface area contributed by atoms with Crippen molar-refractivity contribution in [2.75, 3.05) is 13.7 Å². The van der Waals surface area contributed by atoms with Crippen molar-refractivity contribution in [3.8, 4) is 12.3 Å². The van der Waals surface area contributed by atoms with Crippen molar-refractivity contribution < 1.29 is 9.53 Å². The molecule has 2 atom stereocenters. The number of carbonyl (C=O) groups excluding carboxylic acids is 1. The Morgan fingerprint density at radius 2 is 2.17 bits per heavy atom. The van der Waals surface area contributed by atoms with E-state index < -0.39 is 0 Å².